The summed E-state index contributed by atoms with van der Waals surface area (Å²) in [7, 11) is -3.39. The molecular formula is C12H27N5O2S. The number of piperazine rings is 1. The second-order valence-electron chi connectivity index (χ2n) is 5.47. The molecule has 1 saturated heterocycles. The number of hydrogen-bond donors (Lipinski definition) is 3. The van der Waals surface area contributed by atoms with Crippen LogP contribution < -0.4 is 10.5 Å². The quantitative estimate of drug-likeness (QED) is 0.453. The normalized spacial score (nSPS) is 20.2. The molecule has 1 heterocycles. The van der Waals surface area contributed by atoms with E-state index in [9.17, 15) is 8.42 Å². The Hall–Kier alpha value is -0.700. The van der Waals surface area contributed by atoms with Gasteiger partial charge in [0.2, 0.25) is 0 Å². The molecule has 4 N–H and O–H groups in total. The number of hydrogen-bond acceptors (Lipinski definition) is 4. The molecule has 0 aromatic rings. The zero-order valence-electron chi connectivity index (χ0n) is 12.6. The van der Waals surface area contributed by atoms with Crippen LogP contribution in [-0.2, 0) is 10.2 Å². The highest BCUT2D eigenvalue weighted by atomic mass is 32.2. The van der Waals surface area contributed by atoms with Gasteiger partial charge >= 0.3 is 0 Å². The Morgan fingerprint density at radius 3 is 2.25 bits per heavy atom. The van der Waals surface area contributed by atoms with E-state index in [1.807, 2.05) is 0 Å². The van der Waals surface area contributed by atoms with Crippen molar-refractivity contribution in [3.8, 4) is 0 Å². The summed E-state index contributed by atoms with van der Waals surface area (Å²) in [4.78, 5) is 2.10. The van der Waals surface area contributed by atoms with Gasteiger partial charge in [-0.25, -0.2) is 0 Å². The maximum Gasteiger partial charge on any atom is 0.279 e. The van der Waals surface area contributed by atoms with E-state index in [0.29, 0.717) is 26.2 Å². The molecule has 118 valence electrons. The van der Waals surface area contributed by atoms with Crippen molar-refractivity contribution in [1.29, 1.82) is 5.41 Å². The minimum atomic E-state index is -3.39. The molecule has 1 unspecified atom stereocenters. The Bertz CT molecular complexity index is 416. The van der Waals surface area contributed by atoms with Crippen molar-refractivity contribution in [2.45, 2.75) is 45.7 Å². The lowest BCUT2D eigenvalue weighted by molar-refractivity contribution is 0.159. The predicted molar refractivity (Wildman–Crippen MR) is 80.9 cm³/mol. The van der Waals surface area contributed by atoms with Gasteiger partial charge in [-0.1, -0.05) is 13.3 Å². The maximum atomic E-state index is 12.1. The van der Waals surface area contributed by atoms with Gasteiger partial charge in [0, 0.05) is 32.2 Å². The van der Waals surface area contributed by atoms with Crippen LogP contribution in [0.2, 0.25) is 0 Å². The fourth-order valence-electron chi connectivity index (χ4n) is 2.44. The lowest BCUT2D eigenvalue weighted by Gasteiger charge is -2.38. The molecular weight excluding hydrogens is 278 g/mol. The fraction of sp³-hybridized carbons (Fsp3) is 0.917. The molecule has 8 heteroatoms. The van der Waals surface area contributed by atoms with Gasteiger partial charge in [0.25, 0.3) is 10.2 Å². The maximum absolute atomic E-state index is 12.1. The Balaban J connectivity index is 2.61. The van der Waals surface area contributed by atoms with Crippen molar-refractivity contribution >= 4 is 16.0 Å². The van der Waals surface area contributed by atoms with E-state index in [1.165, 1.54) is 4.31 Å². The molecule has 0 amide bonds. The van der Waals surface area contributed by atoms with E-state index in [4.69, 9.17) is 11.1 Å². The van der Waals surface area contributed by atoms with Gasteiger partial charge in [0.05, 0.1) is 6.04 Å². The van der Waals surface area contributed by atoms with Crippen LogP contribution in [0.3, 0.4) is 0 Å². The SMILES string of the molecule is CCCC(C(=N)N)N1CCN(S(=O)(=O)NC(C)C)CC1. The summed E-state index contributed by atoms with van der Waals surface area (Å²) in [5, 5.41) is 7.65. The first-order valence-electron chi connectivity index (χ1n) is 7.13. The minimum absolute atomic E-state index is 0.0667. The number of nitrogens with one attached hydrogen (secondary N) is 2. The summed E-state index contributed by atoms with van der Waals surface area (Å²) < 4.78 is 28.2. The molecule has 7 nitrogen and oxygen atoms in total. The van der Waals surface area contributed by atoms with Gasteiger partial charge < -0.3 is 5.73 Å². The standard InChI is InChI=1S/C12H27N5O2S/c1-4-5-11(12(13)14)16-6-8-17(9-7-16)20(18,19)15-10(2)3/h10-11,15H,4-9H2,1-3H3,(H3,13,14). The Morgan fingerprint density at radius 1 is 1.30 bits per heavy atom. The summed E-state index contributed by atoms with van der Waals surface area (Å²) in [6, 6.07) is -0.175. The zero-order valence-corrected chi connectivity index (χ0v) is 13.4. The van der Waals surface area contributed by atoms with E-state index < -0.39 is 10.2 Å². The zero-order chi connectivity index (χ0) is 15.3. The van der Waals surface area contributed by atoms with Crippen molar-refractivity contribution in [3.63, 3.8) is 0 Å². The van der Waals surface area contributed by atoms with Gasteiger partial charge in [-0.15, -0.1) is 0 Å². The van der Waals surface area contributed by atoms with Crippen LogP contribution in [0.5, 0.6) is 0 Å². The molecule has 1 aliphatic rings. The van der Waals surface area contributed by atoms with Crippen molar-refractivity contribution < 1.29 is 8.42 Å². The van der Waals surface area contributed by atoms with Crippen LogP contribution in [-0.4, -0.2) is 61.7 Å². The smallest absolute Gasteiger partial charge is 0.279 e. The summed E-state index contributed by atoms with van der Waals surface area (Å²) >= 11 is 0. The molecule has 1 rings (SSSR count). The van der Waals surface area contributed by atoms with Gasteiger partial charge in [0.1, 0.15) is 5.84 Å². The molecule has 0 radical (unpaired) electrons. The fourth-order valence-corrected chi connectivity index (χ4v) is 3.83. The molecule has 0 saturated carbocycles. The third-order valence-electron chi connectivity index (χ3n) is 3.36. The predicted octanol–water partition coefficient (Wildman–Crippen LogP) is -0.0485. The van der Waals surface area contributed by atoms with Crippen LogP contribution in [0.4, 0.5) is 0 Å². The third-order valence-corrected chi connectivity index (χ3v) is 5.17. The molecule has 0 aromatic carbocycles. The highest BCUT2D eigenvalue weighted by molar-refractivity contribution is 7.87. The Morgan fingerprint density at radius 2 is 1.85 bits per heavy atom. The van der Waals surface area contributed by atoms with E-state index in [2.05, 4.69) is 16.5 Å². The average molecular weight is 305 g/mol. The highest BCUT2D eigenvalue weighted by Gasteiger charge is 2.30. The molecule has 1 fully saturated rings. The summed E-state index contributed by atoms with van der Waals surface area (Å²) in [5.74, 6) is 0.170. The number of nitrogens with zero attached hydrogens (tertiary/aromatic N) is 2. The first-order chi connectivity index (χ1) is 9.27. The van der Waals surface area contributed by atoms with Crippen molar-refractivity contribution in [3.05, 3.63) is 0 Å². The van der Waals surface area contributed by atoms with Crippen molar-refractivity contribution in [2.75, 3.05) is 26.2 Å². The molecule has 0 bridgehead atoms. The van der Waals surface area contributed by atoms with Crippen LogP contribution in [0.1, 0.15) is 33.6 Å². The largest absolute Gasteiger partial charge is 0.386 e. The van der Waals surface area contributed by atoms with Crippen LogP contribution in [0, 0.1) is 5.41 Å². The second-order valence-corrected chi connectivity index (χ2v) is 7.17. The molecule has 0 aliphatic carbocycles. The Kier molecular flexibility index (Phi) is 6.38. The molecule has 1 aliphatic heterocycles. The topological polar surface area (TPSA) is 103 Å². The summed E-state index contributed by atoms with van der Waals surface area (Å²) in [6.45, 7) is 7.78. The van der Waals surface area contributed by atoms with Crippen molar-refractivity contribution in [1.82, 2.24) is 13.9 Å². The molecule has 1 atom stereocenters. The van der Waals surface area contributed by atoms with Gasteiger partial charge in [0.15, 0.2) is 0 Å². The molecule has 0 spiro atoms. The van der Waals surface area contributed by atoms with E-state index >= 15 is 0 Å². The second kappa shape index (κ2) is 7.35. The van der Waals surface area contributed by atoms with Gasteiger partial charge in [-0.2, -0.15) is 17.4 Å². The monoisotopic (exact) mass is 305 g/mol. The van der Waals surface area contributed by atoms with Gasteiger partial charge in [-0.05, 0) is 20.3 Å². The van der Waals surface area contributed by atoms with Crippen molar-refractivity contribution in [2.24, 2.45) is 5.73 Å². The third kappa shape index (κ3) is 4.69. The van der Waals surface area contributed by atoms with E-state index in [-0.39, 0.29) is 17.9 Å². The summed E-state index contributed by atoms with van der Waals surface area (Å²) in [5.41, 5.74) is 5.64. The van der Waals surface area contributed by atoms with Crippen LogP contribution in [0.25, 0.3) is 0 Å². The number of amidine groups is 1. The highest BCUT2D eigenvalue weighted by Crippen LogP contribution is 2.13. The summed E-state index contributed by atoms with van der Waals surface area (Å²) in [6.07, 6.45) is 1.80. The number of nitrogens with two attached hydrogens (primary N) is 1. The van der Waals surface area contributed by atoms with E-state index in [1.54, 1.807) is 13.8 Å². The van der Waals surface area contributed by atoms with Crippen LogP contribution >= 0.6 is 0 Å². The first kappa shape index (κ1) is 17.4. The Labute approximate surface area is 122 Å². The molecule has 0 aromatic heterocycles. The lowest BCUT2D eigenvalue weighted by atomic mass is 10.1. The van der Waals surface area contributed by atoms with Gasteiger partial charge in [-0.3, -0.25) is 10.3 Å². The number of rotatable bonds is 7. The average Bonchev–Trinajstić information content (AvgIpc) is 2.34. The molecule has 20 heavy (non-hydrogen) atoms. The minimum Gasteiger partial charge on any atom is -0.386 e. The lowest BCUT2D eigenvalue weighted by Crippen LogP contribution is -2.57. The first-order valence-corrected chi connectivity index (χ1v) is 8.57. The van der Waals surface area contributed by atoms with Crippen LogP contribution in [0.15, 0.2) is 0 Å². The van der Waals surface area contributed by atoms with E-state index in [0.717, 1.165) is 12.8 Å².